The van der Waals surface area contributed by atoms with Crippen LogP contribution in [0.1, 0.15) is 73.9 Å². The van der Waals surface area contributed by atoms with E-state index in [0.717, 1.165) is 24.5 Å². The summed E-state index contributed by atoms with van der Waals surface area (Å²) in [6.07, 6.45) is 1.50. The van der Waals surface area contributed by atoms with Crippen molar-refractivity contribution in [2.45, 2.75) is 68.6 Å². The van der Waals surface area contributed by atoms with Gasteiger partial charge in [0.05, 0.1) is 17.0 Å². The number of thiophene rings is 1. The molecule has 3 N–H and O–H groups in total. The molecule has 170 valence electrons. The maximum Gasteiger partial charge on any atom is 0.259 e. The highest BCUT2D eigenvalue weighted by molar-refractivity contribution is 7.93. The van der Waals surface area contributed by atoms with Crippen LogP contribution in [0.25, 0.3) is 0 Å². The second-order valence-electron chi connectivity index (χ2n) is 8.62. The second-order valence-corrected chi connectivity index (χ2v) is 12.1. The predicted molar refractivity (Wildman–Crippen MR) is 119 cm³/mol. The van der Waals surface area contributed by atoms with Crippen molar-refractivity contribution in [2.75, 3.05) is 0 Å². The molecule has 31 heavy (non-hydrogen) atoms. The first kappa shape index (κ1) is 24.3. The predicted octanol–water partition coefficient (Wildman–Crippen LogP) is 5.38. The molecule has 1 saturated carbocycles. The molecule has 0 bridgehead atoms. The van der Waals surface area contributed by atoms with Gasteiger partial charge in [-0.15, -0.1) is 15.7 Å². The third-order valence-electron chi connectivity index (χ3n) is 5.09. The van der Waals surface area contributed by atoms with E-state index in [9.17, 15) is 22.9 Å². The Kier molecular flexibility index (Phi) is 6.66. The molecule has 0 saturated heterocycles. The smallest absolute Gasteiger partial charge is 0.259 e. The molecule has 1 aromatic heterocycles. The maximum atomic E-state index is 14.8. The van der Waals surface area contributed by atoms with Crippen LogP contribution in [0.3, 0.4) is 0 Å². The van der Waals surface area contributed by atoms with Crippen molar-refractivity contribution in [3.8, 4) is 0 Å². The van der Waals surface area contributed by atoms with Gasteiger partial charge in [0.1, 0.15) is 5.82 Å². The van der Waals surface area contributed by atoms with Crippen molar-refractivity contribution in [1.82, 2.24) is 0 Å². The third-order valence-corrected chi connectivity index (χ3v) is 8.75. The van der Waals surface area contributed by atoms with Crippen molar-refractivity contribution in [3.05, 3.63) is 50.4 Å². The lowest BCUT2D eigenvalue weighted by Gasteiger charge is -2.18. The van der Waals surface area contributed by atoms with Crippen molar-refractivity contribution < 1.29 is 22.9 Å². The zero-order chi connectivity index (χ0) is 23.3. The number of hydrogen-bond acceptors (Lipinski definition) is 4. The van der Waals surface area contributed by atoms with Crippen molar-refractivity contribution in [2.24, 2.45) is 9.50 Å². The summed E-state index contributed by atoms with van der Waals surface area (Å²) in [7, 11) is -3.88. The SMILES string of the molecule is CC(C)c1c(F)c(Cl)cc(C2CC2)c1CC(=O)N=S(N)(=O)c1sc(C(C)(C)O)cc1F. The number of halogens is 3. The van der Waals surface area contributed by atoms with E-state index in [-0.39, 0.29) is 28.2 Å². The van der Waals surface area contributed by atoms with E-state index in [1.807, 2.05) is 0 Å². The monoisotopic (exact) mass is 490 g/mol. The van der Waals surface area contributed by atoms with Crippen LogP contribution in [0, 0.1) is 11.6 Å². The molecule has 1 unspecified atom stereocenters. The molecule has 1 aromatic carbocycles. The summed E-state index contributed by atoms with van der Waals surface area (Å²) < 4.78 is 45.2. The molecule has 0 aliphatic heterocycles. The van der Waals surface area contributed by atoms with E-state index in [4.69, 9.17) is 16.7 Å². The summed E-state index contributed by atoms with van der Waals surface area (Å²) in [5.41, 5.74) is 0.226. The number of carbonyl (C=O) groups is 1. The highest BCUT2D eigenvalue weighted by Gasteiger charge is 2.32. The highest BCUT2D eigenvalue weighted by atomic mass is 35.5. The fourth-order valence-corrected chi connectivity index (χ4v) is 6.13. The summed E-state index contributed by atoms with van der Waals surface area (Å²) in [6, 6.07) is 2.57. The number of aliphatic hydroxyl groups is 1. The van der Waals surface area contributed by atoms with E-state index in [1.165, 1.54) is 19.9 Å². The minimum absolute atomic E-state index is 0.00108. The lowest BCUT2D eigenvalue weighted by molar-refractivity contribution is -0.117. The van der Waals surface area contributed by atoms with Crippen LogP contribution in [0.2, 0.25) is 5.02 Å². The average molecular weight is 491 g/mol. The molecular formula is C21H25ClF2N2O3S2. The number of rotatable bonds is 6. The number of amides is 1. The van der Waals surface area contributed by atoms with Crippen LogP contribution in [-0.4, -0.2) is 15.2 Å². The summed E-state index contributed by atoms with van der Waals surface area (Å²) in [4.78, 5) is 12.9. The van der Waals surface area contributed by atoms with Crippen molar-refractivity contribution in [1.29, 1.82) is 0 Å². The van der Waals surface area contributed by atoms with Gasteiger partial charge in [0, 0.05) is 4.88 Å². The minimum Gasteiger partial charge on any atom is -0.385 e. The Morgan fingerprint density at radius 3 is 2.48 bits per heavy atom. The van der Waals surface area contributed by atoms with Crippen LogP contribution in [0.15, 0.2) is 20.7 Å². The van der Waals surface area contributed by atoms with Gasteiger partial charge in [-0.1, -0.05) is 25.4 Å². The molecule has 0 spiro atoms. The van der Waals surface area contributed by atoms with Gasteiger partial charge in [-0.25, -0.2) is 18.1 Å². The molecule has 5 nitrogen and oxygen atoms in total. The maximum absolute atomic E-state index is 14.8. The first-order valence-electron chi connectivity index (χ1n) is 9.83. The van der Waals surface area contributed by atoms with Gasteiger partial charge in [0.15, 0.2) is 19.9 Å². The Balaban J connectivity index is 2.02. The summed E-state index contributed by atoms with van der Waals surface area (Å²) in [5.74, 6) is -2.38. The van der Waals surface area contributed by atoms with Gasteiger partial charge in [0.25, 0.3) is 5.91 Å². The van der Waals surface area contributed by atoms with Crippen molar-refractivity contribution >= 4 is 38.8 Å². The van der Waals surface area contributed by atoms with Crippen LogP contribution >= 0.6 is 22.9 Å². The first-order valence-corrected chi connectivity index (χ1v) is 12.6. The zero-order valence-corrected chi connectivity index (χ0v) is 20.1. The Labute approximate surface area is 189 Å². The standard InChI is InChI=1S/C21H25ClF2N2O3S2/c1-10(2)18-13(12(11-5-6-11)7-14(22)19(18)24)8-17(27)26-31(25,29)20-15(23)9-16(30-20)21(3,4)28/h7,9-11,28H,5-6,8H2,1-4H3,(H2,25,26,27,29). The molecule has 1 heterocycles. The van der Waals surface area contributed by atoms with Gasteiger partial charge < -0.3 is 5.11 Å². The van der Waals surface area contributed by atoms with Crippen molar-refractivity contribution in [3.63, 3.8) is 0 Å². The number of benzene rings is 1. The van der Waals surface area contributed by atoms with Crippen LogP contribution in [0.4, 0.5) is 8.78 Å². The molecule has 1 amide bonds. The summed E-state index contributed by atoms with van der Waals surface area (Å²) in [5, 5.41) is 15.8. The van der Waals surface area contributed by atoms with Gasteiger partial charge in [0.2, 0.25) is 0 Å². The van der Waals surface area contributed by atoms with E-state index in [2.05, 4.69) is 4.36 Å². The van der Waals surface area contributed by atoms with Crippen LogP contribution in [0.5, 0.6) is 0 Å². The molecule has 0 radical (unpaired) electrons. The van der Waals surface area contributed by atoms with Gasteiger partial charge in [-0.2, -0.15) is 0 Å². The third kappa shape index (κ3) is 5.17. The largest absolute Gasteiger partial charge is 0.385 e. The minimum atomic E-state index is -3.88. The molecule has 1 fully saturated rings. The Bertz CT molecular complexity index is 1160. The van der Waals surface area contributed by atoms with E-state index in [1.54, 1.807) is 13.8 Å². The molecular weight excluding hydrogens is 466 g/mol. The van der Waals surface area contributed by atoms with Crippen LogP contribution in [-0.2, 0) is 26.7 Å². The molecule has 3 rings (SSSR count). The summed E-state index contributed by atoms with van der Waals surface area (Å²) in [6.45, 7) is 6.48. The number of nitrogens with zero attached hydrogens (tertiary/aromatic N) is 1. The van der Waals surface area contributed by atoms with Crippen LogP contribution < -0.4 is 5.14 Å². The lowest BCUT2D eigenvalue weighted by Crippen LogP contribution is -2.17. The van der Waals surface area contributed by atoms with Gasteiger partial charge in [-0.3, -0.25) is 4.79 Å². The number of nitrogens with two attached hydrogens (primary N) is 1. The molecule has 1 atom stereocenters. The highest BCUT2D eigenvalue weighted by Crippen LogP contribution is 2.45. The average Bonchev–Trinajstić information content (AvgIpc) is 3.36. The Hall–Kier alpha value is -1.39. The fourth-order valence-electron chi connectivity index (χ4n) is 3.49. The Morgan fingerprint density at radius 1 is 1.39 bits per heavy atom. The zero-order valence-electron chi connectivity index (χ0n) is 17.7. The lowest BCUT2D eigenvalue weighted by atomic mass is 9.89. The molecule has 2 aromatic rings. The van der Waals surface area contributed by atoms with E-state index >= 15 is 0 Å². The molecule has 1 aliphatic rings. The number of carbonyl (C=O) groups excluding carboxylic acids is 1. The van der Waals surface area contributed by atoms with Gasteiger partial charge in [-0.05, 0) is 67.3 Å². The topological polar surface area (TPSA) is 92.8 Å². The van der Waals surface area contributed by atoms with E-state index in [0.29, 0.717) is 22.5 Å². The quantitative estimate of drug-likeness (QED) is 0.569. The first-order chi connectivity index (χ1) is 14.2. The summed E-state index contributed by atoms with van der Waals surface area (Å²) >= 11 is 6.78. The Morgan fingerprint density at radius 2 is 2.00 bits per heavy atom. The second kappa shape index (κ2) is 8.51. The molecule has 10 heteroatoms. The fraction of sp³-hybridized carbons (Fsp3) is 0.476. The molecule has 1 aliphatic carbocycles. The normalized spacial score (nSPS) is 16.5. The number of hydrogen-bond donors (Lipinski definition) is 2. The van der Waals surface area contributed by atoms with E-state index < -0.39 is 37.3 Å². The van der Waals surface area contributed by atoms with Gasteiger partial charge >= 0.3 is 0 Å².